The molecule has 0 spiro atoms. The number of carbonyl (C=O) groups excluding carboxylic acids is 2. The van der Waals surface area contributed by atoms with Crippen molar-refractivity contribution in [1.82, 2.24) is 0 Å². The van der Waals surface area contributed by atoms with Crippen LogP contribution in [-0.2, 0) is 4.79 Å². The van der Waals surface area contributed by atoms with Crippen LogP contribution in [0.3, 0.4) is 0 Å². The second kappa shape index (κ2) is 6.54. The quantitative estimate of drug-likeness (QED) is 0.772. The highest BCUT2D eigenvalue weighted by atomic mass is 32.2. The van der Waals surface area contributed by atoms with Gasteiger partial charge in [0.25, 0.3) is 0 Å². The first kappa shape index (κ1) is 13.9. The molecule has 0 bridgehead atoms. The van der Waals surface area contributed by atoms with Crippen LogP contribution >= 0.6 is 11.8 Å². The van der Waals surface area contributed by atoms with E-state index < -0.39 is 12.2 Å². The zero-order chi connectivity index (χ0) is 12.8. The second-order valence-corrected chi connectivity index (χ2v) is 4.80. The molecule has 0 amide bonds. The standard InChI is InChI=1S/C12H14O4S/c1-8(14)17-7-11(15)12(16)10-4-2-3-9(5-10)6-13/h2-6,11-12,15-16H,7H2,1H3. The van der Waals surface area contributed by atoms with Crippen LogP contribution in [0.5, 0.6) is 0 Å². The smallest absolute Gasteiger partial charge is 0.185 e. The Bertz CT molecular complexity index is 405. The van der Waals surface area contributed by atoms with Crippen LogP contribution in [0.4, 0.5) is 0 Å². The van der Waals surface area contributed by atoms with Crippen molar-refractivity contribution in [3.63, 3.8) is 0 Å². The summed E-state index contributed by atoms with van der Waals surface area (Å²) in [5.41, 5.74) is 0.902. The molecule has 1 aromatic rings. The van der Waals surface area contributed by atoms with Crippen LogP contribution < -0.4 is 0 Å². The van der Waals surface area contributed by atoms with Gasteiger partial charge in [-0.2, -0.15) is 0 Å². The molecule has 5 heteroatoms. The van der Waals surface area contributed by atoms with Gasteiger partial charge < -0.3 is 10.2 Å². The van der Waals surface area contributed by atoms with E-state index in [-0.39, 0.29) is 10.9 Å². The summed E-state index contributed by atoms with van der Waals surface area (Å²) in [6, 6.07) is 6.38. The monoisotopic (exact) mass is 254 g/mol. The average Bonchev–Trinajstić information content (AvgIpc) is 2.35. The third-order valence-corrected chi connectivity index (χ3v) is 3.12. The van der Waals surface area contributed by atoms with Gasteiger partial charge in [0.2, 0.25) is 0 Å². The van der Waals surface area contributed by atoms with E-state index in [1.807, 2.05) is 0 Å². The summed E-state index contributed by atoms with van der Waals surface area (Å²) >= 11 is 0.954. The predicted octanol–water partition coefficient (Wildman–Crippen LogP) is 1.17. The number of aliphatic hydroxyl groups excluding tert-OH is 2. The lowest BCUT2D eigenvalue weighted by molar-refractivity contribution is -0.109. The van der Waals surface area contributed by atoms with E-state index in [1.165, 1.54) is 13.0 Å². The maximum atomic E-state index is 10.7. The Morgan fingerprint density at radius 1 is 1.47 bits per heavy atom. The zero-order valence-corrected chi connectivity index (χ0v) is 10.2. The van der Waals surface area contributed by atoms with Crippen LogP contribution in [0.1, 0.15) is 28.9 Å². The summed E-state index contributed by atoms with van der Waals surface area (Å²) in [6.45, 7) is 1.40. The molecule has 0 saturated heterocycles. The first-order chi connectivity index (χ1) is 8.04. The van der Waals surface area contributed by atoms with Crippen molar-refractivity contribution < 1.29 is 19.8 Å². The second-order valence-electron chi connectivity index (χ2n) is 3.60. The Labute approximate surface area is 104 Å². The van der Waals surface area contributed by atoms with Crippen molar-refractivity contribution in [2.24, 2.45) is 0 Å². The number of hydrogen-bond acceptors (Lipinski definition) is 5. The normalized spacial score (nSPS) is 14.1. The zero-order valence-electron chi connectivity index (χ0n) is 9.37. The molecule has 0 radical (unpaired) electrons. The van der Waals surface area contributed by atoms with Gasteiger partial charge >= 0.3 is 0 Å². The first-order valence-electron chi connectivity index (χ1n) is 5.09. The van der Waals surface area contributed by atoms with Crippen molar-refractivity contribution >= 4 is 23.2 Å². The molecular formula is C12H14O4S. The summed E-state index contributed by atoms with van der Waals surface area (Å²) in [5.74, 6) is 0.127. The Hall–Kier alpha value is -1.17. The Kier molecular flexibility index (Phi) is 5.34. The summed E-state index contributed by atoms with van der Waals surface area (Å²) in [5, 5.41) is 19.4. The molecule has 2 atom stereocenters. The number of aldehydes is 1. The summed E-state index contributed by atoms with van der Waals surface area (Å²) < 4.78 is 0. The first-order valence-corrected chi connectivity index (χ1v) is 6.07. The molecule has 2 unspecified atom stereocenters. The number of aliphatic hydroxyl groups is 2. The SMILES string of the molecule is CC(=O)SCC(O)C(O)c1cccc(C=O)c1. The fourth-order valence-corrected chi connectivity index (χ4v) is 1.92. The Balaban J connectivity index is 2.70. The molecule has 1 aromatic carbocycles. The lowest BCUT2D eigenvalue weighted by atomic mass is 10.0. The molecule has 1 rings (SSSR count). The predicted molar refractivity (Wildman–Crippen MR) is 65.9 cm³/mol. The van der Waals surface area contributed by atoms with Crippen LogP contribution in [0.25, 0.3) is 0 Å². The lowest BCUT2D eigenvalue weighted by Crippen LogP contribution is -2.21. The number of benzene rings is 1. The van der Waals surface area contributed by atoms with Crippen molar-refractivity contribution in [2.75, 3.05) is 5.75 Å². The van der Waals surface area contributed by atoms with E-state index in [4.69, 9.17) is 0 Å². The summed E-state index contributed by atoms with van der Waals surface area (Å²) in [7, 11) is 0. The van der Waals surface area contributed by atoms with Crippen LogP contribution in [0.15, 0.2) is 24.3 Å². The van der Waals surface area contributed by atoms with Gasteiger partial charge in [-0.3, -0.25) is 9.59 Å². The fourth-order valence-electron chi connectivity index (χ4n) is 1.33. The van der Waals surface area contributed by atoms with E-state index in [1.54, 1.807) is 18.2 Å². The van der Waals surface area contributed by atoms with Gasteiger partial charge in [0.05, 0.1) is 6.10 Å². The van der Waals surface area contributed by atoms with Crippen molar-refractivity contribution in [3.05, 3.63) is 35.4 Å². The van der Waals surface area contributed by atoms with Crippen molar-refractivity contribution in [2.45, 2.75) is 19.1 Å². The van der Waals surface area contributed by atoms with Crippen LogP contribution in [0, 0.1) is 0 Å². The minimum Gasteiger partial charge on any atom is -0.389 e. The van der Waals surface area contributed by atoms with Gasteiger partial charge in [-0.25, -0.2) is 0 Å². The highest BCUT2D eigenvalue weighted by Gasteiger charge is 2.19. The third kappa shape index (κ3) is 4.30. The van der Waals surface area contributed by atoms with Crippen molar-refractivity contribution in [1.29, 1.82) is 0 Å². The van der Waals surface area contributed by atoms with E-state index in [0.717, 1.165) is 11.8 Å². The van der Waals surface area contributed by atoms with Crippen LogP contribution in [-0.4, -0.2) is 33.5 Å². The van der Waals surface area contributed by atoms with Crippen molar-refractivity contribution in [3.8, 4) is 0 Å². The number of hydrogen-bond donors (Lipinski definition) is 2. The molecule has 17 heavy (non-hydrogen) atoms. The van der Waals surface area contributed by atoms with E-state index in [0.29, 0.717) is 17.4 Å². The van der Waals surface area contributed by atoms with Gasteiger partial charge in [-0.05, 0) is 11.6 Å². The van der Waals surface area contributed by atoms with Gasteiger partial charge in [0, 0.05) is 18.2 Å². The topological polar surface area (TPSA) is 74.6 Å². The molecule has 0 aliphatic heterocycles. The summed E-state index contributed by atoms with van der Waals surface area (Å²) in [6.07, 6.45) is -1.46. The molecular weight excluding hydrogens is 240 g/mol. The number of carbonyl (C=O) groups is 2. The summed E-state index contributed by atoms with van der Waals surface area (Å²) in [4.78, 5) is 21.3. The molecule has 0 aromatic heterocycles. The molecule has 92 valence electrons. The van der Waals surface area contributed by atoms with Gasteiger partial charge in [0.1, 0.15) is 12.4 Å². The molecule has 0 aliphatic carbocycles. The van der Waals surface area contributed by atoms with E-state index in [2.05, 4.69) is 0 Å². The van der Waals surface area contributed by atoms with Gasteiger partial charge in [-0.1, -0.05) is 30.0 Å². The maximum Gasteiger partial charge on any atom is 0.185 e. The largest absolute Gasteiger partial charge is 0.389 e. The number of thioether (sulfide) groups is 1. The highest BCUT2D eigenvalue weighted by molar-refractivity contribution is 8.13. The Morgan fingerprint density at radius 3 is 2.76 bits per heavy atom. The molecule has 4 nitrogen and oxygen atoms in total. The number of rotatable bonds is 5. The van der Waals surface area contributed by atoms with Gasteiger partial charge in [0.15, 0.2) is 5.12 Å². The lowest BCUT2D eigenvalue weighted by Gasteiger charge is -2.17. The minimum atomic E-state index is -1.10. The van der Waals surface area contributed by atoms with Crippen LogP contribution in [0.2, 0.25) is 0 Å². The maximum absolute atomic E-state index is 10.7. The molecule has 2 N–H and O–H groups in total. The average molecular weight is 254 g/mol. The van der Waals surface area contributed by atoms with Gasteiger partial charge in [-0.15, -0.1) is 0 Å². The molecule has 0 saturated carbocycles. The highest BCUT2D eigenvalue weighted by Crippen LogP contribution is 2.20. The molecule has 0 fully saturated rings. The fraction of sp³-hybridized carbons (Fsp3) is 0.333. The minimum absolute atomic E-state index is 0.113. The third-order valence-electron chi connectivity index (χ3n) is 2.21. The van der Waals surface area contributed by atoms with E-state index >= 15 is 0 Å². The Morgan fingerprint density at radius 2 is 2.18 bits per heavy atom. The molecule has 0 heterocycles. The molecule has 0 aliphatic rings. The van der Waals surface area contributed by atoms with E-state index in [9.17, 15) is 19.8 Å².